The third-order valence-corrected chi connectivity index (χ3v) is 5.65. The first-order valence-corrected chi connectivity index (χ1v) is 8.27. The molecule has 0 saturated heterocycles. The van der Waals surface area contributed by atoms with Crippen LogP contribution in [0.25, 0.3) is 0 Å². The van der Waals surface area contributed by atoms with Crippen molar-refractivity contribution in [3.8, 4) is 0 Å². The fraction of sp³-hybridized carbons (Fsp3) is 0.938. The van der Waals surface area contributed by atoms with Gasteiger partial charge in [-0.2, -0.15) is 0 Å². The fourth-order valence-electron chi connectivity index (χ4n) is 4.75. The Balaban J connectivity index is 0.00000147. The van der Waals surface area contributed by atoms with Crippen molar-refractivity contribution in [3.05, 3.63) is 0 Å². The summed E-state index contributed by atoms with van der Waals surface area (Å²) >= 11 is 0. The van der Waals surface area contributed by atoms with Crippen LogP contribution < -0.4 is 11.1 Å². The Kier molecular flexibility index (Phi) is 5.74. The molecule has 3 rings (SSSR count). The molecule has 0 spiro atoms. The van der Waals surface area contributed by atoms with Crippen molar-refractivity contribution in [1.82, 2.24) is 5.32 Å². The van der Waals surface area contributed by atoms with Gasteiger partial charge in [-0.05, 0) is 56.3 Å². The normalized spacial score (nSPS) is 37.2. The van der Waals surface area contributed by atoms with Crippen molar-refractivity contribution < 1.29 is 4.79 Å². The zero-order valence-electron chi connectivity index (χ0n) is 12.4. The van der Waals surface area contributed by atoms with Gasteiger partial charge >= 0.3 is 0 Å². The molecule has 0 heterocycles. The van der Waals surface area contributed by atoms with E-state index in [-0.39, 0.29) is 12.4 Å². The van der Waals surface area contributed by atoms with Gasteiger partial charge in [0.25, 0.3) is 0 Å². The Morgan fingerprint density at radius 3 is 2.20 bits per heavy atom. The molecule has 3 nitrogen and oxygen atoms in total. The van der Waals surface area contributed by atoms with Crippen LogP contribution in [0.1, 0.15) is 64.2 Å². The van der Waals surface area contributed by atoms with Gasteiger partial charge in [0, 0.05) is 18.5 Å². The molecule has 1 amide bonds. The lowest BCUT2D eigenvalue weighted by molar-refractivity contribution is -0.124. The lowest BCUT2D eigenvalue weighted by Gasteiger charge is -2.45. The maximum absolute atomic E-state index is 12.2. The lowest BCUT2D eigenvalue weighted by Crippen LogP contribution is -2.53. The highest BCUT2D eigenvalue weighted by Gasteiger charge is 2.39. The zero-order valence-corrected chi connectivity index (χ0v) is 13.2. The molecule has 0 aromatic carbocycles. The Bertz CT molecular complexity index is 316. The van der Waals surface area contributed by atoms with E-state index in [4.69, 9.17) is 5.73 Å². The highest BCUT2D eigenvalue weighted by Crippen LogP contribution is 2.39. The summed E-state index contributed by atoms with van der Waals surface area (Å²) < 4.78 is 0. The molecule has 3 aliphatic carbocycles. The van der Waals surface area contributed by atoms with E-state index in [1.807, 2.05) is 0 Å². The average molecular weight is 301 g/mol. The van der Waals surface area contributed by atoms with Gasteiger partial charge in [0.15, 0.2) is 0 Å². The third-order valence-electron chi connectivity index (χ3n) is 5.65. The number of carbonyl (C=O) groups is 1. The first-order valence-electron chi connectivity index (χ1n) is 8.27. The molecule has 0 radical (unpaired) electrons. The fourth-order valence-corrected chi connectivity index (χ4v) is 4.75. The smallest absolute Gasteiger partial charge is 0.220 e. The van der Waals surface area contributed by atoms with Crippen LogP contribution in [-0.2, 0) is 4.79 Å². The van der Waals surface area contributed by atoms with E-state index in [9.17, 15) is 4.79 Å². The highest BCUT2D eigenvalue weighted by atomic mass is 35.5. The van der Waals surface area contributed by atoms with E-state index in [0.717, 1.165) is 19.3 Å². The van der Waals surface area contributed by atoms with E-state index in [1.54, 1.807) is 0 Å². The van der Waals surface area contributed by atoms with Gasteiger partial charge in [-0.3, -0.25) is 4.79 Å². The largest absolute Gasteiger partial charge is 0.353 e. The van der Waals surface area contributed by atoms with Gasteiger partial charge in [0.05, 0.1) is 0 Å². The quantitative estimate of drug-likeness (QED) is 0.842. The topological polar surface area (TPSA) is 55.1 Å². The Hall–Kier alpha value is -0.280. The Morgan fingerprint density at radius 1 is 1.00 bits per heavy atom. The van der Waals surface area contributed by atoms with Crippen LogP contribution in [0.4, 0.5) is 0 Å². The monoisotopic (exact) mass is 300 g/mol. The van der Waals surface area contributed by atoms with Crippen LogP contribution in [0.15, 0.2) is 0 Å². The van der Waals surface area contributed by atoms with E-state index >= 15 is 0 Å². The Morgan fingerprint density at radius 2 is 1.60 bits per heavy atom. The number of hydrogen-bond donors (Lipinski definition) is 2. The molecule has 0 aliphatic heterocycles. The van der Waals surface area contributed by atoms with Crippen LogP contribution >= 0.6 is 12.4 Å². The summed E-state index contributed by atoms with van der Waals surface area (Å²) in [5.41, 5.74) is 6.14. The molecule has 3 aliphatic rings. The van der Waals surface area contributed by atoms with Gasteiger partial charge in [0.1, 0.15) is 0 Å². The molecular weight excluding hydrogens is 272 g/mol. The van der Waals surface area contributed by atoms with Crippen molar-refractivity contribution in [2.24, 2.45) is 23.5 Å². The standard InChI is InChI=1S/C16H28N2O.ClH/c17-14-9-12-6-3-7-13(10-14)16(12)18-15(19)8-11-4-1-2-5-11;/h11-14,16H,1-10,17H2,(H,18,19);1H. The van der Waals surface area contributed by atoms with Gasteiger partial charge in [-0.25, -0.2) is 0 Å². The molecule has 2 unspecified atom stereocenters. The van der Waals surface area contributed by atoms with Crippen LogP contribution in [0, 0.1) is 17.8 Å². The van der Waals surface area contributed by atoms with E-state index in [1.165, 1.54) is 44.9 Å². The molecule has 116 valence electrons. The first-order chi connectivity index (χ1) is 9.22. The minimum atomic E-state index is 0. The second-order valence-electron chi connectivity index (χ2n) is 7.13. The molecule has 3 saturated carbocycles. The number of nitrogens with two attached hydrogens (primary N) is 1. The lowest BCUT2D eigenvalue weighted by atomic mass is 9.67. The second-order valence-corrected chi connectivity index (χ2v) is 7.13. The van der Waals surface area contributed by atoms with Crippen LogP contribution in [0.5, 0.6) is 0 Å². The molecule has 4 heteroatoms. The van der Waals surface area contributed by atoms with Crippen LogP contribution in [0.3, 0.4) is 0 Å². The maximum Gasteiger partial charge on any atom is 0.220 e. The van der Waals surface area contributed by atoms with E-state index in [2.05, 4.69) is 5.32 Å². The number of fused-ring (bicyclic) bond motifs is 2. The number of amides is 1. The second kappa shape index (κ2) is 7.13. The molecule has 3 fully saturated rings. The predicted molar refractivity (Wildman–Crippen MR) is 83.8 cm³/mol. The number of nitrogens with one attached hydrogen (secondary N) is 1. The summed E-state index contributed by atoms with van der Waals surface area (Å²) in [6.45, 7) is 0. The molecule has 3 N–H and O–H groups in total. The summed E-state index contributed by atoms with van der Waals surface area (Å²) in [7, 11) is 0. The number of halogens is 1. The van der Waals surface area contributed by atoms with Crippen molar-refractivity contribution in [3.63, 3.8) is 0 Å². The summed E-state index contributed by atoms with van der Waals surface area (Å²) in [6, 6.07) is 0.806. The summed E-state index contributed by atoms with van der Waals surface area (Å²) in [5.74, 6) is 2.26. The van der Waals surface area contributed by atoms with Gasteiger partial charge < -0.3 is 11.1 Å². The molecule has 2 atom stereocenters. The minimum Gasteiger partial charge on any atom is -0.353 e. The molecule has 20 heavy (non-hydrogen) atoms. The summed E-state index contributed by atoms with van der Waals surface area (Å²) in [4.78, 5) is 12.2. The van der Waals surface area contributed by atoms with Gasteiger partial charge in [0.2, 0.25) is 5.91 Å². The molecule has 2 bridgehead atoms. The van der Waals surface area contributed by atoms with Crippen LogP contribution in [0.2, 0.25) is 0 Å². The summed E-state index contributed by atoms with van der Waals surface area (Å²) in [6.07, 6.45) is 12.0. The molecular formula is C16H29ClN2O. The first kappa shape index (κ1) is 16.1. The van der Waals surface area contributed by atoms with Crippen molar-refractivity contribution in [2.75, 3.05) is 0 Å². The van der Waals surface area contributed by atoms with E-state index < -0.39 is 0 Å². The molecule has 0 aromatic heterocycles. The van der Waals surface area contributed by atoms with Gasteiger partial charge in [-0.15, -0.1) is 12.4 Å². The third kappa shape index (κ3) is 3.67. The molecule has 0 aromatic rings. The number of rotatable bonds is 3. The minimum absolute atomic E-state index is 0. The highest BCUT2D eigenvalue weighted by molar-refractivity contribution is 5.85. The van der Waals surface area contributed by atoms with Crippen LogP contribution in [-0.4, -0.2) is 18.0 Å². The van der Waals surface area contributed by atoms with Gasteiger partial charge in [-0.1, -0.05) is 19.3 Å². The average Bonchev–Trinajstić information content (AvgIpc) is 2.83. The number of carbonyl (C=O) groups excluding carboxylic acids is 1. The van der Waals surface area contributed by atoms with E-state index in [0.29, 0.717) is 35.7 Å². The van der Waals surface area contributed by atoms with Crippen molar-refractivity contribution >= 4 is 18.3 Å². The zero-order chi connectivity index (χ0) is 13.2. The van der Waals surface area contributed by atoms with Crippen molar-refractivity contribution in [1.29, 1.82) is 0 Å². The predicted octanol–water partition coefficient (Wildman–Crippen LogP) is 3.01. The number of hydrogen-bond acceptors (Lipinski definition) is 2. The SMILES string of the molecule is Cl.NC1CC2CCCC(C1)C2NC(=O)CC1CCCC1. The Labute approximate surface area is 128 Å². The maximum atomic E-state index is 12.2. The van der Waals surface area contributed by atoms with Crippen molar-refractivity contribution in [2.45, 2.75) is 76.3 Å². The summed E-state index contributed by atoms with van der Waals surface area (Å²) in [5, 5.41) is 3.37.